The largest absolute Gasteiger partial charge is 0.497 e. The number of hydrogen-bond donors (Lipinski definition) is 0. The highest BCUT2D eigenvalue weighted by Crippen LogP contribution is 2.31. The van der Waals surface area contributed by atoms with Crippen LogP contribution in [0.15, 0.2) is 36.4 Å². The van der Waals surface area contributed by atoms with Crippen molar-refractivity contribution in [2.24, 2.45) is 0 Å². The van der Waals surface area contributed by atoms with Crippen molar-refractivity contribution in [1.29, 1.82) is 0 Å². The molecule has 0 N–H and O–H groups in total. The van der Waals surface area contributed by atoms with E-state index >= 15 is 0 Å². The zero-order chi connectivity index (χ0) is 22.5. The molecule has 1 amide bonds. The van der Waals surface area contributed by atoms with E-state index in [0.717, 1.165) is 6.26 Å². The maximum Gasteiger partial charge on any atom is 0.306 e. The zero-order valence-electron chi connectivity index (χ0n) is 18.0. The SMILES string of the molecule is COc1ccc(C(=O)N(Cc2ccc(OC)c(OS(C)(=O)=O)c2)C(C)C)c(OC)c1. The number of ether oxygens (including phenoxy) is 3. The van der Waals surface area contributed by atoms with Crippen molar-refractivity contribution in [3.8, 4) is 23.0 Å². The molecule has 0 aliphatic heterocycles. The van der Waals surface area contributed by atoms with Crippen molar-refractivity contribution in [3.63, 3.8) is 0 Å². The van der Waals surface area contributed by atoms with Crippen molar-refractivity contribution >= 4 is 16.0 Å². The van der Waals surface area contributed by atoms with Crippen molar-refractivity contribution in [3.05, 3.63) is 47.5 Å². The lowest BCUT2D eigenvalue weighted by Gasteiger charge is -2.28. The molecular weight excluding hydrogens is 410 g/mol. The fourth-order valence-electron chi connectivity index (χ4n) is 2.86. The van der Waals surface area contributed by atoms with E-state index in [2.05, 4.69) is 0 Å². The van der Waals surface area contributed by atoms with Crippen LogP contribution in [0.1, 0.15) is 29.8 Å². The van der Waals surface area contributed by atoms with Gasteiger partial charge in [-0.05, 0) is 43.7 Å². The van der Waals surface area contributed by atoms with Crippen molar-refractivity contribution < 1.29 is 31.6 Å². The van der Waals surface area contributed by atoms with E-state index in [-0.39, 0.29) is 30.0 Å². The molecule has 164 valence electrons. The summed E-state index contributed by atoms with van der Waals surface area (Å²) in [6, 6.07) is 9.77. The molecule has 0 aromatic heterocycles. The predicted octanol–water partition coefficient (Wildman–Crippen LogP) is 3.10. The predicted molar refractivity (Wildman–Crippen MR) is 113 cm³/mol. The summed E-state index contributed by atoms with van der Waals surface area (Å²) >= 11 is 0. The van der Waals surface area contributed by atoms with Gasteiger partial charge in [0.2, 0.25) is 0 Å². The van der Waals surface area contributed by atoms with Gasteiger partial charge in [-0.3, -0.25) is 4.79 Å². The first-order valence-corrected chi connectivity index (χ1v) is 11.0. The van der Waals surface area contributed by atoms with Crippen LogP contribution < -0.4 is 18.4 Å². The third-order valence-electron chi connectivity index (χ3n) is 4.35. The van der Waals surface area contributed by atoms with Crippen LogP contribution >= 0.6 is 0 Å². The Labute approximate surface area is 177 Å². The Bertz CT molecular complexity index is 1000. The van der Waals surface area contributed by atoms with Gasteiger partial charge in [0.1, 0.15) is 11.5 Å². The number of rotatable bonds is 9. The smallest absolute Gasteiger partial charge is 0.306 e. The number of hydrogen-bond acceptors (Lipinski definition) is 7. The molecule has 8 nitrogen and oxygen atoms in total. The van der Waals surface area contributed by atoms with Crippen molar-refractivity contribution in [1.82, 2.24) is 4.90 Å². The second-order valence-corrected chi connectivity index (χ2v) is 8.44. The number of benzene rings is 2. The van der Waals surface area contributed by atoms with Crippen LogP contribution in [0.4, 0.5) is 0 Å². The molecule has 0 aliphatic rings. The summed E-state index contributed by atoms with van der Waals surface area (Å²) in [5.74, 6) is 1.10. The molecule has 0 aliphatic carbocycles. The van der Waals surface area contributed by atoms with Crippen LogP contribution in [0.25, 0.3) is 0 Å². The van der Waals surface area contributed by atoms with E-state index in [1.807, 2.05) is 13.8 Å². The molecule has 0 fully saturated rings. The standard InChI is InChI=1S/C21H27NO7S/c1-14(2)22(21(23)17-9-8-16(26-3)12-19(17)28-5)13-15-7-10-18(27-4)20(11-15)29-30(6,24)25/h7-12,14H,13H2,1-6H3. The number of methoxy groups -OCH3 is 3. The molecular formula is C21H27NO7S. The van der Waals surface area contributed by atoms with Crippen LogP contribution in [0.5, 0.6) is 23.0 Å². The highest BCUT2D eigenvalue weighted by atomic mass is 32.2. The number of nitrogens with zero attached hydrogens (tertiary/aromatic N) is 1. The molecule has 2 rings (SSSR count). The Morgan fingerprint density at radius 2 is 1.60 bits per heavy atom. The fourth-order valence-corrected chi connectivity index (χ4v) is 3.32. The van der Waals surface area contributed by atoms with Gasteiger partial charge in [-0.25, -0.2) is 0 Å². The maximum absolute atomic E-state index is 13.3. The van der Waals surface area contributed by atoms with Crippen LogP contribution in [0, 0.1) is 0 Å². The first-order valence-electron chi connectivity index (χ1n) is 9.19. The molecule has 9 heteroatoms. The summed E-state index contributed by atoms with van der Waals surface area (Å²) < 4.78 is 43.9. The molecule has 0 spiro atoms. The molecule has 0 heterocycles. The van der Waals surface area contributed by atoms with E-state index in [1.54, 1.807) is 41.3 Å². The molecule has 0 saturated carbocycles. The van der Waals surface area contributed by atoms with Gasteiger partial charge in [-0.1, -0.05) is 6.07 Å². The zero-order valence-corrected chi connectivity index (χ0v) is 18.8. The average Bonchev–Trinajstić information content (AvgIpc) is 2.69. The Morgan fingerprint density at radius 3 is 2.13 bits per heavy atom. The first-order chi connectivity index (χ1) is 14.1. The van der Waals surface area contributed by atoms with Crippen LogP contribution in [-0.2, 0) is 16.7 Å². The molecule has 0 bridgehead atoms. The molecule has 0 atom stereocenters. The van der Waals surface area contributed by atoms with Gasteiger partial charge in [0.05, 0.1) is 33.1 Å². The second kappa shape index (κ2) is 9.71. The van der Waals surface area contributed by atoms with Gasteiger partial charge < -0.3 is 23.3 Å². The molecule has 0 saturated heterocycles. The van der Waals surface area contributed by atoms with E-state index < -0.39 is 10.1 Å². The van der Waals surface area contributed by atoms with Gasteiger partial charge in [-0.2, -0.15) is 8.42 Å². The van der Waals surface area contributed by atoms with Gasteiger partial charge in [-0.15, -0.1) is 0 Å². The number of carbonyl (C=O) groups is 1. The van der Waals surface area contributed by atoms with E-state index in [4.69, 9.17) is 18.4 Å². The summed E-state index contributed by atoms with van der Waals surface area (Å²) in [5, 5.41) is 0. The quantitative estimate of drug-likeness (QED) is 0.557. The second-order valence-electron chi connectivity index (χ2n) is 6.87. The van der Waals surface area contributed by atoms with Gasteiger partial charge >= 0.3 is 10.1 Å². The van der Waals surface area contributed by atoms with Crippen molar-refractivity contribution in [2.75, 3.05) is 27.6 Å². The minimum atomic E-state index is -3.74. The average molecular weight is 438 g/mol. The molecule has 2 aromatic carbocycles. The Hall–Kier alpha value is -2.94. The Morgan fingerprint density at radius 1 is 0.933 bits per heavy atom. The van der Waals surface area contributed by atoms with Crippen molar-refractivity contribution in [2.45, 2.75) is 26.4 Å². The summed E-state index contributed by atoms with van der Waals surface area (Å²) in [6.07, 6.45) is 0.957. The van der Waals surface area contributed by atoms with Crippen LogP contribution in [0.2, 0.25) is 0 Å². The topological polar surface area (TPSA) is 91.4 Å². The maximum atomic E-state index is 13.3. The minimum absolute atomic E-state index is 0.0654. The van der Waals surface area contributed by atoms with Gasteiger partial charge in [0.25, 0.3) is 5.91 Å². The third kappa shape index (κ3) is 5.79. The highest BCUT2D eigenvalue weighted by molar-refractivity contribution is 7.86. The monoisotopic (exact) mass is 437 g/mol. The lowest BCUT2D eigenvalue weighted by Crippen LogP contribution is -2.36. The summed E-state index contributed by atoms with van der Waals surface area (Å²) in [6.45, 7) is 4.02. The molecule has 2 aromatic rings. The Balaban J connectivity index is 2.38. The first kappa shape index (κ1) is 23.3. The van der Waals surface area contributed by atoms with Crippen LogP contribution in [0.3, 0.4) is 0 Å². The number of amides is 1. The summed E-state index contributed by atoms with van der Waals surface area (Å²) in [7, 11) is 0.713. The van der Waals surface area contributed by atoms with E-state index in [1.165, 1.54) is 21.3 Å². The number of carbonyl (C=O) groups excluding carboxylic acids is 1. The normalized spacial score (nSPS) is 11.2. The Kier molecular flexibility index (Phi) is 7.55. The van der Waals surface area contributed by atoms with E-state index in [0.29, 0.717) is 22.6 Å². The van der Waals surface area contributed by atoms with E-state index in [9.17, 15) is 13.2 Å². The third-order valence-corrected chi connectivity index (χ3v) is 4.83. The molecule has 0 unspecified atom stereocenters. The fraction of sp³-hybridized carbons (Fsp3) is 0.381. The minimum Gasteiger partial charge on any atom is -0.497 e. The highest BCUT2D eigenvalue weighted by Gasteiger charge is 2.23. The lowest BCUT2D eigenvalue weighted by molar-refractivity contribution is 0.0686. The summed E-state index contributed by atoms with van der Waals surface area (Å²) in [5.41, 5.74) is 1.08. The lowest BCUT2D eigenvalue weighted by atomic mass is 10.1. The molecule has 0 radical (unpaired) electrons. The van der Waals surface area contributed by atoms with Crippen LogP contribution in [-0.4, -0.2) is 52.9 Å². The van der Waals surface area contributed by atoms with Gasteiger partial charge in [0.15, 0.2) is 11.5 Å². The summed E-state index contributed by atoms with van der Waals surface area (Å²) in [4.78, 5) is 14.9. The van der Waals surface area contributed by atoms with Gasteiger partial charge in [0, 0.05) is 18.7 Å². The molecule has 30 heavy (non-hydrogen) atoms.